The van der Waals surface area contributed by atoms with Gasteiger partial charge in [-0.25, -0.2) is 0 Å². The Morgan fingerprint density at radius 3 is 1.87 bits per heavy atom. The lowest BCUT2D eigenvalue weighted by Gasteiger charge is -2.32. The molecule has 0 bridgehead atoms. The summed E-state index contributed by atoms with van der Waals surface area (Å²) in [7, 11) is -0.624. The average molecular weight is 619 g/mol. The van der Waals surface area contributed by atoms with E-state index in [-0.39, 0.29) is 46.0 Å². The smallest absolute Gasteiger partial charge is 0.399 e. The SMILES string of the molecule is [2H]c1c([2H])c([2H])c2c(c1[2H])c1c([2H])c([2H])c([2H])c([2H])c1n2-c1ccc2c3ccccc3n(-c3cc(B4OC(C)(C)C(C)(C)O4)ccc3-c3ccccc3)c2c1. The third-order valence-electron chi connectivity index (χ3n) is 9.82. The normalized spacial score (nSPS) is 18.2. The van der Waals surface area contributed by atoms with Gasteiger partial charge in [0.1, 0.15) is 0 Å². The van der Waals surface area contributed by atoms with E-state index in [2.05, 4.69) is 41.0 Å². The lowest BCUT2D eigenvalue weighted by Crippen LogP contribution is -2.41. The molecular weight excluding hydrogens is 575 g/mol. The van der Waals surface area contributed by atoms with Crippen LogP contribution in [0.2, 0.25) is 0 Å². The number of aromatic nitrogens is 2. The highest BCUT2D eigenvalue weighted by Crippen LogP contribution is 2.40. The van der Waals surface area contributed by atoms with Crippen molar-refractivity contribution in [3.8, 4) is 22.5 Å². The van der Waals surface area contributed by atoms with Crippen LogP contribution in [-0.2, 0) is 9.31 Å². The van der Waals surface area contributed by atoms with Gasteiger partial charge in [-0.05, 0) is 75.1 Å². The van der Waals surface area contributed by atoms with Gasteiger partial charge in [-0.3, -0.25) is 0 Å². The van der Waals surface area contributed by atoms with Gasteiger partial charge >= 0.3 is 7.12 Å². The Balaban J connectivity index is 1.40. The molecule has 0 radical (unpaired) electrons. The van der Waals surface area contributed by atoms with Gasteiger partial charge in [0.15, 0.2) is 0 Å². The molecular formula is C42H35BN2O2. The minimum atomic E-state index is -0.624. The van der Waals surface area contributed by atoms with Crippen molar-refractivity contribution < 1.29 is 20.3 Å². The van der Waals surface area contributed by atoms with E-state index in [1.54, 1.807) is 4.57 Å². The van der Waals surface area contributed by atoms with Crippen molar-refractivity contribution in [1.29, 1.82) is 0 Å². The van der Waals surface area contributed by atoms with E-state index in [0.29, 0.717) is 5.69 Å². The van der Waals surface area contributed by atoms with Crippen LogP contribution < -0.4 is 5.46 Å². The second-order valence-corrected chi connectivity index (χ2v) is 13.1. The van der Waals surface area contributed by atoms with Crippen LogP contribution in [0.15, 0.2) is 139 Å². The molecule has 1 aliphatic rings. The summed E-state index contributed by atoms with van der Waals surface area (Å²) in [5.41, 5.74) is 4.85. The largest absolute Gasteiger partial charge is 0.494 e. The number of benzene rings is 6. The van der Waals surface area contributed by atoms with Gasteiger partial charge in [0, 0.05) is 32.8 Å². The maximum Gasteiger partial charge on any atom is 0.494 e. The van der Waals surface area contributed by atoms with Crippen LogP contribution in [0.1, 0.15) is 38.7 Å². The van der Waals surface area contributed by atoms with E-state index in [1.807, 2.05) is 82.3 Å². The number of nitrogens with zero attached hydrogens (tertiary/aromatic N) is 2. The van der Waals surface area contributed by atoms with Crippen molar-refractivity contribution in [3.63, 3.8) is 0 Å². The summed E-state index contributed by atoms with van der Waals surface area (Å²) >= 11 is 0. The van der Waals surface area contributed by atoms with Crippen molar-refractivity contribution in [1.82, 2.24) is 9.13 Å². The Hall–Kier alpha value is -5.10. The first-order valence-corrected chi connectivity index (χ1v) is 15.7. The fraction of sp³-hybridized carbons (Fsp3) is 0.143. The van der Waals surface area contributed by atoms with E-state index < -0.39 is 42.5 Å². The zero-order chi connectivity index (χ0) is 38.9. The molecule has 9 rings (SSSR count). The van der Waals surface area contributed by atoms with Gasteiger partial charge in [-0.2, -0.15) is 0 Å². The molecule has 0 amide bonds. The zero-order valence-corrected chi connectivity index (χ0v) is 26.4. The summed E-state index contributed by atoms with van der Waals surface area (Å²) in [5, 5.41) is 1.98. The molecule has 0 atom stereocenters. The summed E-state index contributed by atoms with van der Waals surface area (Å²) in [4.78, 5) is 0. The molecule has 1 fully saturated rings. The number of para-hydroxylation sites is 3. The highest BCUT2D eigenvalue weighted by atomic mass is 16.7. The quantitative estimate of drug-likeness (QED) is 0.184. The number of fused-ring (bicyclic) bond motifs is 6. The zero-order valence-electron chi connectivity index (χ0n) is 34.4. The molecule has 1 aliphatic heterocycles. The number of hydrogen-bond donors (Lipinski definition) is 0. The topological polar surface area (TPSA) is 28.3 Å². The van der Waals surface area contributed by atoms with Crippen LogP contribution in [0, 0.1) is 0 Å². The Morgan fingerprint density at radius 1 is 0.553 bits per heavy atom. The highest BCUT2D eigenvalue weighted by molar-refractivity contribution is 6.62. The molecule has 8 aromatic rings. The van der Waals surface area contributed by atoms with E-state index in [9.17, 15) is 0 Å². The first kappa shape index (κ1) is 20.9. The molecule has 6 aromatic carbocycles. The second kappa shape index (κ2) is 10.2. The lowest BCUT2D eigenvalue weighted by molar-refractivity contribution is 0.00578. The number of rotatable bonds is 4. The Morgan fingerprint density at radius 2 is 1.17 bits per heavy atom. The summed E-state index contributed by atoms with van der Waals surface area (Å²) in [6, 6.07) is 26.8. The first-order valence-electron chi connectivity index (χ1n) is 19.7. The standard InChI is InChI=1S/C42H35BN2O2/c1-41(2)42(3,4)47-43(46-41)29-22-24-31(28-14-6-5-7-15-28)39(26-29)45-38-21-13-10-18-34(38)35-25-23-30(27-40(35)45)44-36-19-11-8-16-32(36)33-17-9-12-20-37(33)44/h5-27H,1-4H3/i8D,9D,11D,12D,16D,17D,19D,20D. The molecule has 0 saturated carbocycles. The predicted octanol–water partition coefficient (Wildman–Crippen LogP) is 9.85. The van der Waals surface area contributed by atoms with Crippen molar-refractivity contribution in [2.24, 2.45) is 0 Å². The lowest BCUT2D eigenvalue weighted by atomic mass is 9.78. The molecule has 0 unspecified atom stereocenters. The molecule has 3 heterocycles. The van der Waals surface area contributed by atoms with Gasteiger partial charge < -0.3 is 18.4 Å². The van der Waals surface area contributed by atoms with Gasteiger partial charge in [-0.15, -0.1) is 0 Å². The molecule has 4 nitrogen and oxygen atoms in total. The third kappa shape index (κ3) is 4.24. The molecule has 228 valence electrons. The molecule has 0 spiro atoms. The third-order valence-corrected chi connectivity index (χ3v) is 9.82. The van der Waals surface area contributed by atoms with Crippen LogP contribution in [-0.4, -0.2) is 27.5 Å². The molecule has 1 saturated heterocycles. The molecule has 0 N–H and O–H groups in total. The van der Waals surface area contributed by atoms with Crippen LogP contribution in [0.25, 0.3) is 66.1 Å². The molecule has 0 aliphatic carbocycles. The van der Waals surface area contributed by atoms with Gasteiger partial charge in [0.05, 0.1) is 49.9 Å². The first-order chi connectivity index (χ1) is 26.1. The van der Waals surface area contributed by atoms with Crippen LogP contribution in [0.5, 0.6) is 0 Å². The molecule has 2 aromatic heterocycles. The second-order valence-electron chi connectivity index (χ2n) is 13.1. The van der Waals surface area contributed by atoms with Crippen molar-refractivity contribution in [2.45, 2.75) is 38.9 Å². The Labute approximate surface area is 286 Å². The van der Waals surface area contributed by atoms with E-state index in [0.717, 1.165) is 44.1 Å². The van der Waals surface area contributed by atoms with Crippen molar-refractivity contribution >= 4 is 56.2 Å². The summed E-state index contributed by atoms with van der Waals surface area (Å²) in [6.45, 7) is 8.10. The average Bonchev–Trinajstić information content (AvgIpc) is 3.78. The monoisotopic (exact) mass is 618 g/mol. The minimum absolute atomic E-state index is 0.0371. The fourth-order valence-electron chi connectivity index (χ4n) is 6.76. The molecule has 5 heteroatoms. The summed E-state index contributed by atoms with van der Waals surface area (Å²) in [5.74, 6) is 0. The summed E-state index contributed by atoms with van der Waals surface area (Å²) in [6.07, 6.45) is 0. The van der Waals surface area contributed by atoms with E-state index >= 15 is 0 Å². The van der Waals surface area contributed by atoms with Gasteiger partial charge in [0.2, 0.25) is 0 Å². The minimum Gasteiger partial charge on any atom is -0.399 e. The van der Waals surface area contributed by atoms with Gasteiger partial charge in [0.25, 0.3) is 0 Å². The Bertz CT molecular complexity index is 2850. The number of hydrogen-bond acceptors (Lipinski definition) is 2. The van der Waals surface area contributed by atoms with Crippen molar-refractivity contribution in [3.05, 3.63) is 139 Å². The summed E-state index contributed by atoms with van der Waals surface area (Å²) < 4.78 is 86.7. The van der Waals surface area contributed by atoms with Crippen LogP contribution >= 0.6 is 0 Å². The van der Waals surface area contributed by atoms with Gasteiger partial charge in [-0.1, -0.05) is 103 Å². The Kier molecular flexibility index (Phi) is 4.54. The van der Waals surface area contributed by atoms with Crippen LogP contribution in [0.4, 0.5) is 0 Å². The molecule has 47 heavy (non-hydrogen) atoms. The maximum absolute atomic E-state index is 9.05. The predicted molar refractivity (Wildman–Crippen MR) is 196 cm³/mol. The van der Waals surface area contributed by atoms with Crippen molar-refractivity contribution in [2.75, 3.05) is 0 Å². The fourth-order valence-corrected chi connectivity index (χ4v) is 6.76. The highest BCUT2D eigenvalue weighted by Gasteiger charge is 2.51. The maximum atomic E-state index is 9.05. The van der Waals surface area contributed by atoms with Crippen LogP contribution in [0.3, 0.4) is 0 Å². The van der Waals surface area contributed by atoms with E-state index in [1.165, 1.54) is 0 Å². The van der Waals surface area contributed by atoms with E-state index in [4.69, 9.17) is 20.3 Å².